The van der Waals surface area contributed by atoms with Crippen molar-refractivity contribution in [2.75, 3.05) is 26.0 Å². The zero-order valence-corrected chi connectivity index (χ0v) is 21.7. The lowest BCUT2D eigenvalue weighted by Gasteiger charge is -2.36. The van der Waals surface area contributed by atoms with Crippen LogP contribution in [0.3, 0.4) is 0 Å². The molecule has 200 valence electrons. The molecule has 7 nitrogen and oxygen atoms in total. The smallest absolute Gasteiger partial charge is 0.409 e. The van der Waals surface area contributed by atoms with E-state index in [2.05, 4.69) is 5.32 Å². The molecule has 2 aliphatic rings. The average Bonchev–Trinajstić information content (AvgIpc) is 3.13. The van der Waals surface area contributed by atoms with Gasteiger partial charge in [0.1, 0.15) is 0 Å². The predicted molar refractivity (Wildman–Crippen MR) is 131 cm³/mol. The van der Waals surface area contributed by atoms with Gasteiger partial charge in [-0.2, -0.15) is 0 Å². The summed E-state index contributed by atoms with van der Waals surface area (Å²) < 4.78 is 72.5. The van der Waals surface area contributed by atoms with E-state index in [1.807, 2.05) is 0 Å². The highest BCUT2D eigenvalue weighted by molar-refractivity contribution is 7.92. The Morgan fingerprint density at radius 3 is 2.24 bits per heavy atom. The maximum atomic E-state index is 13.8. The first kappa shape index (κ1) is 27.3. The fourth-order valence-corrected chi connectivity index (χ4v) is 8.58. The van der Waals surface area contributed by atoms with Crippen LogP contribution in [0.25, 0.3) is 0 Å². The number of amides is 2. The zero-order valence-electron chi connectivity index (χ0n) is 20.1. The molecule has 2 unspecified atom stereocenters. The van der Waals surface area contributed by atoms with E-state index < -0.39 is 44.5 Å². The first-order chi connectivity index (χ1) is 17.4. The van der Waals surface area contributed by atoms with Crippen LogP contribution in [-0.4, -0.2) is 51.3 Å². The van der Waals surface area contributed by atoms with Gasteiger partial charge in [-0.05, 0) is 61.6 Å². The van der Waals surface area contributed by atoms with Crippen molar-refractivity contribution in [2.24, 2.45) is 17.8 Å². The summed E-state index contributed by atoms with van der Waals surface area (Å²) in [5.74, 6) is -5.57. The van der Waals surface area contributed by atoms with E-state index in [1.165, 1.54) is 24.1 Å². The highest BCUT2D eigenvalue weighted by Gasteiger charge is 2.50. The van der Waals surface area contributed by atoms with Crippen LogP contribution in [0.2, 0.25) is 5.02 Å². The second-order valence-electron chi connectivity index (χ2n) is 9.65. The number of fused-ring (bicyclic) bond motifs is 2. The third-order valence-electron chi connectivity index (χ3n) is 7.23. The van der Waals surface area contributed by atoms with E-state index in [4.69, 9.17) is 16.3 Å². The first-order valence-corrected chi connectivity index (χ1v) is 13.6. The highest BCUT2D eigenvalue weighted by atomic mass is 35.5. The molecule has 0 spiro atoms. The summed E-state index contributed by atoms with van der Waals surface area (Å²) in [4.78, 5) is 25.8. The van der Waals surface area contributed by atoms with E-state index in [1.54, 1.807) is 7.05 Å². The monoisotopic (exact) mass is 558 g/mol. The number of sulfone groups is 1. The molecule has 2 bridgehead atoms. The van der Waals surface area contributed by atoms with Crippen LogP contribution in [0.15, 0.2) is 35.2 Å². The molecule has 0 aliphatic heterocycles. The van der Waals surface area contributed by atoms with Gasteiger partial charge in [-0.15, -0.1) is 0 Å². The molecule has 2 amide bonds. The normalized spacial score (nSPS) is 23.0. The van der Waals surface area contributed by atoms with Crippen molar-refractivity contribution in [3.05, 3.63) is 58.4 Å². The van der Waals surface area contributed by atoms with Crippen LogP contribution >= 0.6 is 11.6 Å². The number of nitrogens with zero attached hydrogens (tertiary/aromatic N) is 1. The lowest BCUT2D eigenvalue weighted by molar-refractivity contribution is 0.102. The van der Waals surface area contributed by atoms with Gasteiger partial charge in [0.25, 0.3) is 5.91 Å². The zero-order chi connectivity index (χ0) is 27.1. The lowest BCUT2D eigenvalue weighted by Crippen LogP contribution is -2.41. The minimum Gasteiger partial charge on any atom is -0.453 e. The molecule has 0 aromatic heterocycles. The van der Waals surface area contributed by atoms with Gasteiger partial charge in [0, 0.05) is 37.0 Å². The summed E-state index contributed by atoms with van der Waals surface area (Å²) in [6.45, 7) is 0.466. The SMILES string of the molecule is COC(=O)N(C)CC1CC2CCC(C1)C2S(=O)(=O)c1cc(C(=O)Nc2cc(F)c(F)c(F)c2)ccc1Cl. The Labute approximate surface area is 217 Å². The summed E-state index contributed by atoms with van der Waals surface area (Å²) in [7, 11) is -0.990. The number of rotatable bonds is 6. The highest BCUT2D eigenvalue weighted by Crippen LogP contribution is 2.50. The Kier molecular flexibility index (Phi) is 7.75. The van der Waals surface area contributed by atoms with Crippen molar-refractivity contribution in [3.63, 3.8) is 0 Å². The predicted octanol–water partition coefficient (Wildman–Crippen LogP) is 5.29. The van der Waals surface area contributed by atoms with Crippen LogP contribution in [0.4, 0.5) is 23.7 Å². The van der Waals surface area contributed by atoms with Gasteiger partial charge in [-0.1, -0.05) is 11.6 Å². The molecular formula is C25H26ClF3N2O5S. The standard InChI is InChI=1S/C25H26ClF3N2O5S/c1-31(25(33)36-2)12-13-7-14-3-4-15(8-13)23(14)37(34,35)21-9-16(5-6-18(21)26)24(32)30-17-10-19(27)22(29)20(28)11-17/h5-6,9-11,13-15,23H,3-4,7-8,12H2,1-2H3,(H,30,32). The van der Waals surface area contributed by atoms with Gasteiger partial charge in [0.2, 0.25) is 0 Å². The molecule has 2 fully saturated rings. The Bertz CT molecular complexity index is 1300. The van der Waals surface area contributed by atoms with E-state index >= 15 is 0 Å². The largest absolute Gasteiger partial charge is 0.453 e. The van der Waals surface area contributed by atoms with Crippen molar-refractivity contribution < 1.29 is 35.9 Å². The number of carbonyl (C=O) groups is 2. The third kappa shape index (κ3) is 5.43. The summed E-state index contributed by atoms with van der Waals surface area (Å²) >= 11 is 6.28. The van der Waals surface area contributed by atoms with Gasteiger partial charge in [-0.25, -0.2) is 26.4 Å². The Balaban J connectivity index is 1.55. The topological polar surface area (TPSA) is 92.8 Å². The second-order valence-corrected chi connectivity index (χ2v) is 12.1. The van der Waals surface area contributed by atoms with Crippen molar-refractivity contribution in [1.29, 1.82) is 0 Å². The van der Waals surface area contributed by atoms with E-state index in [-0.39, 0.29) is 38.9 Å². The van der Waals surface area contributed by atoms with E-state index in [9.17, 15) is 31.2 Å². The van der Waals surface area contributed by atoms with Crippen LogP contribution < -0.4 is 5.32 Å². The molecule has 0 radical (unpaired) electrons. The number of benzene rings is 2. The minimum absolute atomic E-state index is 0.0395. The molecule has 2 saturated carbocycles. The Morgan fingerprint density at radius 2 is 1.68 bits per heavy atom. The maximum absolute atomic E-state index is 13.8. The number of anilines is 1. The van der Waals surface area contributed by atoms with Crippen LogP contribution in [0.5, 0.6) is 0 Å². The quantitative estimate of drug-likeness (QED) is 0.487. The van der Waals surface area contributed by atoms with Gasteiger partial charge in [0.05, 0.1) is 22.3 Å². The van der Waals surface area contributed by atoms with Crippen molar-refractivity contribution >= 4 is 39.1 Å². The number of hydrogen-bond acceptors (Lipinski definition) is 5. The molecule has 0 saturated heterocycles. The molecule has 2 aliphatic carbocycles. The first-order valence-electron chi connectivity index (χ1n) is 11.7. The Hall–Kier alpha value is -2.79. The molecule has 2 aromatic rings. The number of methoxy groups -OCH3 is 1. The molecule has 2 atom stereocenters. The van der Waals surface area contributed by atoms with Crippen LogP contribution in [-0.2, 0) is 14.6 Å². The number of halogens is 4. The average molecular weight is 559 g/mol. The summed E-state index contributed by atoms with van der Waals surface area (Å²) in [6, 6.07) is 4.98. The number of hydrogen-bond donors (Lipinski definition) is 1. The Morgan fingerprint density at radius 1 is 1.08 bits per heavy atom. The molecule has 37 heavy (non-hydrogen) atoms. The molecule has 2 aromatic carbocycles. The molecule has 12 heteroatoms. The van der Waals surface area contributed by atoms with Crippen LogP contribution in [0, 0.1) is 35.2 Å². The number of carbonyl (C=O) groups excluding carboxylic acids is 2. The van der Waals surface area contributed by atoms with Crippen molar-refractivity contribution in [2.45, 2.75) is 35.8 Å². The minimum atomic E-state index is -3.94. The van der Waals surface area contributed by atoms with Crippen molar-refractivity contribution in [1.82, 2.24) is 4.90 Å². The maximum Gasteiger partial charge on any atom is 0.409 e. The van der Waals surface area contributed by atoms with Crippen LogP contribution in [0.1, 0.15) is 36.0 Å². The molecule has 0 heterocycles. The number of ether oxygens (including phenoxy) is 1. The summed E-state index contributed by atoms with van der Waals surface area (Å²) in [6.07, 6.45) is 2.26. The van der Waals surface area contributed by atoms with E-state index in [0.717, 1.165) is 18.9 Å². The van der Waals surface area contributed by atoms with Gasteiger partial charge in [-0.3, -0.25) is 4.79 Å². The van der Waals surface area contributed by atoms with Gasteiger partial charge in [0.15, 0.2) is 27.3 Å². The lowest BCUT2D eigenvalue weighted by atomic mass is 9.80. The molecular weight excluding hydrogens is 533 g/mol. The van der Waals surface area contributed by atoms with Gasteiger partial charge >= 0.3 is 6.09 Å². The molecule has 1 N–H and O–H groups in total. The van der Waals surface area contributed by atoms with Crippen molar-refractivity contribution in [3.8, 4) is 0 Å². The fraction of sp³-hybridized carbons (Fsp3) is 0.440. The summed E-state index contributed by atoms with van der Waals surface area (Å²) in [5, 5.41) is 1.53. The third-order valence-corrected chi connectivity index (χ3v) is 10.1. The number of nitrogens with one attached hydrogen (secondary N) is 1. The molecule has 4 rings (SSSR count). The van der Waals surface area contributed by atoms with Gasteiger partial charge < -0.3 is 15.0 Å². The fourth-order valence-electron chi connectivity index (χ4n) is 5.71. The van der Waals surface area contributed by atoms with E-state index in [0.29, 0.717) is 31.5 Å². The second kappa shape index (κ2) is 10.5. The summed E-state index contributed by atoms with van der Waals surface area (Å²) in [5.41, 5.74) is -0.414.